The summed E-state index contributed by atoms with van der Waals surface area (Å²) in [4.78, 5) is 34.2. The topological polar surface area (TPSA) is 94.4 Å². The summed E-state index contributed by atoms with van der Waals surface area (Å²) >= 11 is 0. The molecule has 9 heteroatoms. The van der Waals surface area contributed by atoms with E-state index < -0.39 is 23.4 Å². The Bertz CT molecular complexity index is 1020. The zero-order valence-electron chi connectivity index (χ0n) is 20.1. The number of anilines is 2. The second-order valence-electron chi connectivity index (χ2n) is 9.21. The number of aromatic nitrogens is 1. The van der Waals surface area contributed by atoms with Gasteiger partial charge in [-0.05, 0) is 71.4 Å². The van der Waals surface area contributed by atoms with Crippen molar-refractivity contribution in [3.8, 4) is 5.88 Å². The molecule has 0 saturated heterocycles. The lowest BCUT2D eigenvalue weighted by molar-refractivity contribution is -0.000249. The first-order valence-electron chi connectivity index (χ1n) is 10.3. The van der Waals surface area contributed by atoms with Crippen LogP contribution in [0, 0.1) is 6.57 Å². The van der Waals surface area contributed by atoms with Crippen molar-refractivity contribution < 1.29 is 23.8 Å². The number of methoxy groups -OCH3 is 1. The van der Waals surface area contributed by atoms with Crippen LogP contribution in [0.5, 0.6) is 5.88 Å². The van der Waals surface area contributed by atoms with Crippen molar-refractivity contribution in [2.45, 2.75) is 59.3 Å². The highest BCUT2D eigenvalue weighted by atomic mass is 16.6. The molecule has 176 valence electrons. The van der Waals surface area contributed by atoms with Crippen molar-refractivity contribution in [2.24, 2.45) is 0 Å². The van der Waals surface area contributed by atoms with Gasteiger partial charge in [-0.2, -0.15) is 0 Å². The lowest BCUT2D eigenvalue weighted by atomic mass is 10.2. The van der Waals surface area contributed by atoms with E-state index in [0.29, 0.717) is 28.6 Å². The number of hydrogen-bond acceptors (Lipinski definition) is 7. The molecule has 33 heavy (non-hydrogen) atoms. The zero-order valence-corrected chi connectivity index (χ0v) is 20.1. The molecule has 0 saturated carbocycles. The minimum atomic E-state index is -0.806. The Labute approximate surface area is 194 Å². The van der Waals surface area contributed by atoms with Gasteiger partial charge >= 0.3 is 12.2 Å². The molecule has 2 rings (SSSR count). The van der Waals surface area contributed by atoms with E-state index in [9.17, 15) is 9.59 Å². The number of amides is 2. The molecule has 2 amide bonds. The number of carbonyl (C=O) groups is 2. The van der Waals surface area contributed by atoms with E-state index >= 15 is 0 Å². The number of rotatable bonds is 5. The molecule has 0 atom stereocenters. The highest BCUT2D eigenvalue weighted by molar-refractivity contribution is 5.88. The molecule has 9 nitrogen and oxygen atoms in total. The molecule has 0 unspecified atom stereocenters. The monoisotopic (exact) mass is 454 g/mol. The maximum absolute atomic E-state index is 12.8. The summed E-state index contributed by atoms with van der Waals surface area (Å²) in [6.45, 7) is 17.6. The molecule has 2 aromatic rings. The summed E-state index contributed by atoms with van der Waals surface area (Å²) in [7, 11) is 1.49. The van der Waals surface area contributed by atoms with Gasteiger partial charge in [-0.25, -0.2) is 24.3 Å². The Balaban J connectivity index is 2.31. The lowest BCUT2D eigenvalue weighted by Gasteiger charge is -2.28. The summed E-state index contributed by atoms with van der Waals surface area (Å²) in [6.07, 6.45) is -1.61. The van der Waals surface area contributed by atoms with Crippen LogP contribution < -0.4 is 10.1 Å². The van der Waals surface area contributed by atoms with Crippen LogP contribution in [0.15, 0.2) is 36.4 Å². The van der Waals surface area contributed by atoms with Crippen molar-refractivity contribution in [1.82, 2.24) is 9.88 Å². The van der Waals surface area contributed by atoms with Gasteiger partial charge in [0.1, 0.15) is 17.0 Å². The molecular weight excluding hydrogens is 424 g/mol. The Kier molecular flexibility index (Phi) is 7.88. The summed E-state index contributed by atoms with van der Waals surface area (Å²) < 4.78 is 15.9. The molecule has 1 aromatic carbocycles. The quantitative estimate of drug-likeness (QED) is 0.549. The Hall–Kier alpha value is -3.80. The number of nitrogens with one attached hydrogen (secondary N) is 1. The van der Waals surface area contributed by atoms with E-state index in [1.807, 2.05) is 0 Å². The van der Waals surface area contributed by atoms with E-state index in [-0.39, 0.29) is 6.54 Å². The third-order valence-electron chi connectivity index (χ3n) is 3.94. The predicted octanol–water partition coefficient (Wildman–Crippen LogP) is 6.06. The second-order valence-corrected chi connectivity index (χ2v) is 9.21. The Morgan fingerprint density at radius 1 is 1.03 bits per heavy atom. The lowest BCUT2D eigenvalue weighted by Crippen LogP contribution is -2.43. The van der Waals surface area contributed by atoms with Gasteiger partial charge in [0.15, 0.2) is 0 Å². The van der Waals surface area contributed by atoms with Gasteiger partial charge in [0, 0.05) is 5.69 Å². The summed E-state index contributed by atoms with van der Waals surface area (Å²) in [6, 6.07) is 10.3. The van der Waals surface area contributed by atoms with Crippen molar-refractivity contribution in [2.75, 3.05) is 12.4 Å². The number of hydrogen-bond donors (Lipinski definition) is 1. The third-order valence-corrected chi connectivity index (χ3v) is 3.94. The molecule has 0 aliphatic rings. The van der Waals surface area contributed by atoms with Crippen LogP contribution in [0.3, 0.4) is 0 Å². The fraction of sp³-hybridized carbons (Fsp3) is 0.417. The van der Waals surface area contributed by atoms with Crippen molar-refractivity contribution in [1.29, 1.82) is 0 Å². The average Bonchev–Trinajstić information content (AvgIpc) is 2.69. The summed E-state index contributed by atoms with van der Waals surface area (Å²) in [5, 5.41) is 3.09. The smallest absolute Gasteiger partial charge is 0.420 e. The zero-order chi connectivity index (χ0) is 24.8. The fourth-order valence-electron chi connectivity index (χ4n) is 2.63. The van der Waals surface area contributed by atoms with Crippen molar-refractivity contribution >= 4 is 29.4 Å². The molecule has 0 aliphatic heterocycles. The highest BCUT2D eigenvalue weighted by Gasteiger charge is 2.31. The van der Waals surface area contributed by atoms with Crippen LogP contribution in [0.25, 0.3) is 4.85 Å². The summed E-state index contributed by atoms with van der Waals surface area (Å²) in [5.74, 6) is 0.694. The van der Waals surface area contributed by atoms with Crippen molar-refractivity contribution in [3.63, 3.8) is 0 Å². The maximum Gasteiger partial charge on any atom is 0.420 e. The molecule has 0 aliphatic carbocycles. The van der Waals surface area contributed by atoms with Crippen LogP contribution >= 0.6 is 0 Å². The molecular formula is C24H30N4O5. The van der Waals surface area contributed by atoms with Crippen LogP contribution in [-0.4, -0.2) is 40.4 Å². The first kappa shape index (κ1) is 25.5. The van der Waals surface area contributed by atoms with Crippen LogP contribution in [0.2, 0.25) is 0 Å². The van der Waals surface area contributed by atoms with E-state index in [1.165, 1.54) is 7.11 Å². The van der Waals surface area contributed by atoms with E-state index in [1.54, 1.807) is 77.9 Å². The average molecular weight is 455 g/mol. The van der Waals surface area contributed by atoms with E-state index in [4.69, 9.17) is 20.8 Å². The number of nitrogens with zero attached hydrogens (tertiary/aromatic N) is 3. The minimum absolute atomic E-state index is 0.0689. The number of pyridine rings is 1. The standard InChI is InChI=1S/C24H30N4O5/c1-23(2,3)32-21(29)28(22(30)33-24(4,5)6)15-16-10-9-11-17(14-16)26-20-18(25-7)12-13-19(27-20)31-8/h9-14H,15H2,1-6,8H3,(H,26,27). The largest absolute Gasteiger partial charge is 0.481 e. The van der Waals surface area contributed by atoms with Gasteiger partial charge < -0.3 is 19.5 Å². The normalized spacial score (nSPS) is 11.2. The third kappa shape index (κ3) is 8.00. The molecule has 1 heterocycles. The SMILES string of the molecule is [C-]#[N+]c1ccc(OC)nc1Nc1cccc(CN(C(=O)OC(C)(C)C)C(=O)OC(C)(C)C)c1. The van der Waals surface area contributed by atoms with Crippen LogP contribution in [0.4, 0.5) is 26.8 Å². The van der Waals surface area contributed by atoms with Gasteiger partial charge in [-0.1, -0.05) is 12.1 Å². The maximum atomic E-state index is 12.8. The second kappa shape index (κ2) is 10.2. The van der Waals surface area contributed by atoms with Gasteiger partial charge in [-0.15, -0.1) is 0 Å². The first-order chi connectivity index (χ1) is 15.3. The molecule has 1 N–H and O–H groups in total. The number of imide groups is 1. The molecule has 0 fully saturated rings. The molecule has 1 aromatic heterocycles. The van der Waals surface area contributed by atoms with Gasteiger partial charge in [0.2, 0.25) is 11.6 Å². The van der Waals surface area contributed by atoms with E-state index in [2.05, 4.69) is 15.1 Å². The summed E-state index contributed by atoms with van der Waals surface area (Å²) in [5.41, 5.74) is 0.0185. The van der Waals surface area contributed by atoms with Gasteiger partial charge in [-0.3, -0.25) is 0 Å². The molecule has 0 radical (unpaired) electrons. The highest BCUT2D eigenvalue weighted by Crippen LogP contribution is 2.29. The van der Waals surface area contributed by atoms with Gasteiger partial charge in [0.05, 0.1) is 20.2 Å². The predicted molar refractivity (Wildman–Crippen MR) is 125 cm³/mol. The number of benzene rings is 1. The van der Waals surface area contributed by atoms with E-state index in [0.717, 1.165) is 4.90 Å². The Morgan fingerprint density at radius 3 is 2.15 bits per heavy atom. The van der Waals surface area contributed by atoms with Gasteiger partial charge in [0.25, 0.3) is 0 Å². The number of carbonyl (C=O) groups excluding carboxylic acids is 2. The van der Waals surface area contributed by atoms with Crippen LogP contribution in [0.1, 0.15) is 47.1 Å². The molecule has 0 bridgehead atoms. The number of ether oxygens (including phenoxy) is 3. The Morgan fingerprint density at radius 2 is 1.64 bits per heavy atom. The van der Waals surface area contributed by atoms with Crippen LogP contribution in [-0.2, 0) is 16.0 Å². The van der Waals surface area contributed by atoms with Crippen molar-refractivity contribution in [3.05, 3.63) is 53.4 Å². The fourth-order valence-corrected chi connectivity index (χ4v) is 2.63. The minimum Gasteiger partial charge on any atom is -0.481 e. The first-order valence-corrected chi connectivity index (χ1v) is 10.3. The molecule has 0 spiro atoms.